The third-order valence-electron chi connectivity index (χ3n) is 5.33. The van der Waals surface area contributed by atoms with Gasteiger partial charge in [-0.05, 0) is 38.8 Å². The van der Waals surface area contributed by atoms with Gasteiger partial charge in [0.2, 0.25) is 5.91 Å². The van der Waals surface area contributed by atoms with Crippen LogP contribution in [0.3, 0.4) is 0 Å². The second kappa shape index (κ2) is 7.98. The van der Waals surface area contributed by atoms with E-state index in [1.54, 1.807) is 13.0 Å². The van der Waals surface area contributed by atoms with Gasteiger partial charge in [-0.15, -0.1) is 0 Å². The molecule has 0 radical (unpaired) electrons. The van der Waals surface area contributed by atoms with Crippen LogP contribution in [-0.4, -0.2) is 38.1 Å². The Labute approximate surface area is 164 Å². The Bertz CT molecular complexity index is 933. The molecule has 1 aliphatic rings. The predicted molar refractivity (Wildman–Crippen MR) is 106 cm³/mol. The number of hydrogen-bond acceptors (Lipinski definition) is 5. The van der Waals surface area contributed by atoms with Gasteiger partial charge in [0.15, 0.2) is 5.82 Å². The molecule has 3 heterocycles. The SMILES string of the molecule is Cc1cc(NC(=O)C(c2ccccc2)N2CCCC2Cn2ccnc2C)no1. The molecule has 2 aromatic heterocycles. The summed E-state index contributed by atoms with van der Waals surface area (Å²) in [4.78, 5) is 19.9. The maximum absolute atomic E-state index is 13.3. The van der Waals surface area contributed by atoms with Gasteiger partial charge in [0.25, 0.3) is 0 Å². The summed E-state index contributed by atoms with van der Waals surface area (Å²) in [7, 11) is 0. The van der Waals surface area contributed by atoms with Gasteiger partial charge in [0.05, 0.1) is 0 Å². The molecule has 4 rings (SSSR count). The predicted octanol–water partition coefficient (Wildman–Crippen LogP) is 3.33. The van der Waals surface area contributed by atoms with E-state index in [4.69, 9.17) is 4.52 Å². The number of likely N-dealkylation sites (tertiary alicyclic amines) is 1. The van der Waals surface area contributed by atoms with E-state index in [1.165, 1.54) is 0 Å². The molecule has 1 saturated heterocycles. The summed E-state index contributed by atoms with van der Waals surface area (Å²) in [5.74, 6) is 2.02. The molecular weight excluding hydrogens is 354 g/mol. The van der Waals surface area contributed by atoms with E-state index in [0.29, 0.717) is 11.6 Å². The van der Waals surface area contributed by atoms with Crippen LogP contribution in [0.2, 0.25) is 0 Å². The van der Waals surface area contributed by atoms with Crippen molar-refractivity contribution in [2.24, 2.45) is 0 Å². The fraction of sp³-hybridized carbons (Fsp3) is 0.381. The van der Waals surface area contributed by atoms with Crippen molar-refractivity contribution >= 4 is 11.7 Å². The molecule has 1 aromatic carbocycles. The Balaban J connectivity index is 1.60. The molecule has 0 saturated carbocycles. The fourth-order valence-electron chi connectivity index (χ4n) is 3.97. The number of aromatic nitrogens is 3. The number of anilines is 1. The van der Waals surface area contributed by atoms with Crippen molar-refractivity contribution < 1.29 is 9.32 Å². The van der Waals surface area contributed by atoms with Gasteiger partial charge in [-0.1, -0.05) is 35.5 Å². The Hall–Kier alpha value is -2.93. The standard InChI is InChI=1S/C21H25N5O2/c1-15-13-19(24-28-15)23-21(27)20(17-7-4-3-5-8-17)26-11-6-9-18(26)14-25-12-10-22-16(25)2/h3-5,7-8,10,12-13,18,20H,6,9,11,14H2,1-2H3,(H,23,24,27). The normalized spacial score (nSPS) is 18.3. The minimum Gasteiger partial charge on any atom is -0.360 e. The van der Waals surface area contributed by atoms with Crippen LogP contribution in [0.4, 0.5) is 5.82 Å². The molecule has 2 unspecified atom stereocenters. The highest BCUT2D eigenvalue weighted by Crippen LogP contribution is 2.31. The largest absolute Gasteiger partial charge is 0.360 e. The summed E-state index contributed by atoms with van der Waals surface area (Å²) in [5, 5.41) is 6.84. The molecule has 146 valence electrons. The zero-order valence-corrected chi connectivity index (χ0v) is 16.2. The number of amides is 1. The number of rotatable bonds is 6. The third kappa shape index (κ3) is 3.84. The Morgan fingerprint density at radius 1 is 1.32 bits per heavy atom. The number of carbonyl (C=O) groups excluding carboxylic acids is 1. The number of benzene rings is 1. The highest BCUT2D eigenvalue weighted by Gasteiger charge is 2.36. The summed E-state index contributed by atoms with van der Waals surface area (Å²) in [6.45, 7) is 5.52. The van der Waals surface area contributed by atoms with Crippen LogP contribution in [0.15, 0.2) is 53.3 Å². The number of hydrogen-bond donors (Lipinski definition) is 1. The Morgan fingerprint density at radius 3 is 2.82 bits per heavy atom. The van der Waals surface area contributed by atoms with Gasteiger partial charge < -0.3 is 14.4 Å². The second-order valence-corrected chi connectivity index (χ2v) is 7.29. The van der Waals surface area contributed by atoms with E-state index in [-0.39, 0.29) is 18.0 Å². The summed E-state index contributed by atoms with van der Waals surface area (Å²) in [6.07, 6.45) is 5.94. The van der Waals surface area contributed by atoms with Gasteiger partial charge in [0, 0.05) is 31.0 Å². The summed E-state index contributed by atoms with van der Waals surface area (Å²) >= 11 is 0. The first kappa shape index (κ1) is 18.4. The number of aryl methyl sites for hydroxylation is 2. The summed E-state index contributed by atoms with van der Waals surface area (Å²) in [5.41, 5.74) is 0.981. The van der Waals surface area contributed by atoms with E-state index in [1.807, 2.05) is 49.6 Å². The van der Waals surface area contributed by atoms with Crippen molar-refractivity contribution in [1.82, 2.24) is 19.6 Å². The van der Waals surface area contributed by atoms with Crippen molar-refractivity contribution in [2.45, 2.75) is 45.3 Å². The fourth-order valence-corrected chi connectivity index (χ4v) is 3.97. The molecule has 0 bridgehead atoms. The van der Waals surface area contributed by atoms with Crippen LogP contribution in [0.5, 0.6) is 0 Å². The zero-order valence-electron chi connectivity index (χ0n) is 16.2. The molecule has 3 aromatic rings. The Morgan fingerprint density at radius 2 is 2.14 bits per heavy atom. The quantitative estimate of drug-likeness (QED) is 0.711. The lowest BCUT2D eigenvalue weighted by molar-refractivity contribution is -0.122. The molecule has 1 aliphatic heterocycles. The minimum atomic E-state index is -0.380. The third-order valence-corrected chi connectivity index (χ3v) is 5.33. The molecule has 1 N–H and O–H groups in total. The lowest BCUT2D eigenvalue weighted by Crippen LogP contribution is -2.42. The first-order valence-corrected chi connectivity index (χ1v) is 9.64. The number of nitrogens with one attached hydrogen (secondary N) is 1. The van der Waals surface area contributed by atoms with Crippen LogP contribution >= 0.6 is 0 Å². The maximum atomic E-state index is 13.3. The molecule has 1 fully saturated rings. The van der Waals surface area contributed by atoms with Crippen LogP contribution < -0.4 is 5.32 Å². The van der Waals surface area contributed by atoms with Crippen molar-refractivity contribution in [3.05, 3.63) is 65.9 Å². The zero-order chi connectivity index (χ0) is 19.5. The van der Waals surface area contributed by atoms with Crippen molar-refractivity contribution in [1.29, 1.82) is 0 Å². The Kier molecular flexibility index (Phi) is 5.25. The van der Waals surface area contributed by atoms with E-state index in [9.17, 15) is 4.79 Å². The van der Waals surface area contributed by atoms with Crippen LogP contribution in [0.25, 0.3) is 0 Å². The maximum Gasteiger partial charge on any atom is 0.247 e. The van der Waals surface area contributed by atoms with Gasteiger partial charge in [0.1, 0.15) is 17.6 Å². The van der Waals surface area contributed by atoms with Crippen LogP contribution in [0.1, 0.15) is 36.0 Å². The van der Waals surface area contributed by atoms with E-state index < -0.39 is 0 Å². The molecular formula is C21H25N5O2. The minimum absolute atomic E-state index is 0.0891. The van der Waals surface area contributed by atoms with E-state index in [2.05, 4.69) is 24.9 Å². The first-order chi connectivity index (χ1) is 13.6. The molecule has 7 nitrogen and oxygen atoms in total. The monoisotopic (exact) mass is 379 g/mol. The molecule has 0 aliphatic carbocycles. The average Bonchev–Trinajstić information content (AvgIpc) is 3.41. The molecule has 28 heavy (non-hydrogen) atoms. The smallest absolute Gasteiger partial charge is 0.247 e. The highest BCUT2D eigenvalue weighted by atomic mass is 16.5. The molecule has 0 spiro atoms. The van der Waals surface area contributed by atoms with Gasteiger partial charge >= 0.3 is 0 Å². The first-order valence-electron chi connectivity index (χ1n) is 9.64. The van der Waals surface area contributed by atoms with Gasteiger partial charge in [-0.2, -0.15) is 0 Å². The van der Waals surface area contributed by atoms with E-state index in [0.717, 1.165) is 37.3 Å². The number of nitrogens with zero attached hydrogens (tertiary/aromatic N) is 4. The highest BCUT2D eigenvalue weighted by molar-refractivity contribution is 5.94. The number of imidazole rings is 1. The average molecular weight is 379 g/mol. The lowest BCUT2D eigenvalue weighted by Gasteiger charge is -2.32. The lowest BCUT2D eigenvalue weighted by atomic mass is 10.0. The molecule has 1 amide bonds. The second-order valence-electron chi connectivity index (χ2n) is 7.29. The van der Waals surface area contributed by atoms with Crippen molar-refractivity contribution in [3.8, 4) is 0 Å². The van der Waals surface area contributed by atoms with Gasteiger partial charge in [-0.3, -0.25) is 9.69 Å². The molecule has 7 heteroatoms. The van der Waals surface area contributed by atoms with E-state index >= 15 is 0 Å². The summed E-state index contributed by atoms with van der Waals surface area (Å²) < 4.78 is 7.25. The number of carbonyl (C=O) groups is 1. The van der Waals surface area contributed by atoms with Crippen LogP contribution in [0, 0.1) is 13.8 Å². The topological polar surface area (TPSA) is 76.2 Å². The van der Waals surface area contributed by atoms with Gasteiger partial charge in [-0.25, -0.2) is 4.98 Å². The van der Waals surface area contributed by atoms with Crippen molar-refractivity contribution in [3.63, 3.8) is 0 Å². The molecule has 2 atom stereocenters. The van der Waals surface area contributed by atoms with Crippen LogP contribution in [-0.2, 0) is 11.3 Å². The van der Waals surface area contributed by atoms with Crippen molar-refractivity contribution in [2.75, 3.05) is 11.9 Å². The summed E-state index contributed by atoms with van der Waals surface area (Å²) in [6, 6.07) is 11.6.